The Hall–Kier alpha value is -0.640. The highest BCUT2D eigenvalue weighted by Gasteiger charge is 2.11. The molecule has 0 aliphatic carbocycles. The Morgan fingerprint density at radius 1 is 1.00 bits per heavy atom. The molecule has 0 spiro atoms. The van der Waals surface area contributed by atoms with Crippen LogP contribution in [0.5, 0.6) is 0 Å². The Labute approximate surface area is 112 Å². The van der Waals surface area contributed by atoms with E-state index >= 15 is 0 Å². The molecule has 1 aromatic heterocycles. The maximum atomic E-state index is 6.06. The zero-order chi connectivity index (χ0) is 11.7. The normalized spacial score (nSPS) is 10.5. The molecule has 0 fully saturated rings. The summed E-state index contributed by atoms with van der Waals surface area (Å²) < 4.78 is 0.997. The maximum Gasteiger partial charge on any atom is 0.142 e. The van der Waals surface area contributed by atoms with Gasteiger partial charge in [-0.15, -0.1) is 0 Å². The van der Waals surface area contributed by atoms with Gasteiger partial charge in [-0.1, -0.05) is 51.3 Å². The third-order valence-corrected chi connectivity index (χ3v) is 3.14. The van der Waals surface area contributed by atoms with Crippen LogP contribution in [0.15, 0.2) is 28.7 Å². The lowest BCUT2D eigenvalue weighted by Gasteiger charge is -2.06. The molecule has 0 aliphatic rings. The molecular formula is C11H7BrCl2N2. The minimum atomic E-state index is 0.375. The fraction of sp³-hybridized carbons (Fsp3) is 0.0909. The molecule has 0 saturated carbocycles. The van der Waals surface area contributed by atoms with E-state index in [9.17, 15) is 0 Å². The summed E-state index contributed by atoms with van der Waals surface area (Å²) in [5.41, 5.74) is 1.57. The highest BCUT2D eigenvalue weighted by atomic mass is 79.9. The molecule has 0 atom stereocenters. The number of hydrogen-bond donors (Lipinski definition) is 0. The lowest BCUT2D eigenvalue weighted by Crippen LogP contribution is -1.93. The van der Waals surface area contributed by atoms with Gasteiger partial charge >= 0.3 is 0 Å². The highest BCUT2D eigenvalue weighted by molar-refractivity contribution is 9.10. The minimum absolute atomic E-state index is 0.375. The SMILES string of the molecule is Cc1nc(Cl)c(-c2ccc(Br)cc2)c(Cl)n1. The predicted molar refractivity (Wildman–Crippen MR) is 69.9 cm³/mol. The Morgan fingerprint density at radius 3 is 2.00 bits per heavy atom. The van der Waals surface area contributed by atoms with Crippen molar-refractivity contribution in [3.8, 4) is 11.1 Å². The third-order valence-electron chi connectivity index (χ3n) is 2.07. The van der Waals surface area contributed by atoms with E-state index in [1.54, 1.807) is 6.92 Å². The molecular weight excluding hydrogens is 311 g/mol. The van der Waals surface area contributed by atoms with Gasteiger partial charge in [0.1, 0.15) is 16.1 Å². The lowest BCUT2D eigenvalue weighted by molar-refractivity contribution is 1.06. The van der Waals surface area contributed by atoms with Gasteiger partial charge in [0.05, 0.1) is 5.56 Å². The number of halogens is 3. The molecule has 0 aliphatic heterocycles. The first-order valence-electron chi connectivity index (χ1n) is 4.53. The van der Waals surface area contributed by atoms with Crippen LogP contribution in [0.2, 0.25) is 10.3 Å². The Morgan fingerprint density at radius 2 is 1.50 bits per heavy atom. The number of hydrogen-bond acceptors (Lipinski definition) is 2. The largest absolute Gasteiger partial charge is 0.221 e. The average Bonchev–Trinajstić information content (AvgIpc) is 2.19. The summed E-state index contributed by atoms with van der Waals surface area (Å²) in [6.45, 7) is 1.75. The minimum Gasteiger partial charge on any atom is -0.221 e. The molecule has 16 heavy (non-hydrogen) atoms. The maximum absolute atomic E-state index is 6.06. The fourth-order valence-corrected chi connectivity index (χ4v) is 2.32. The smallest absolute Gasteiger partial charge is 0.142 e. The Kier molecular flexibility index (Phi) is 3.47. The molecule has 0 N–H and O–H groups in total. The van der Waals surface area contributed by atoms with Crippen molar-refractivity contribution < 1.29 is 0 Å². The summed E-state index contributed by atoms with van der Waals surface area (Å²) >= 11 is 15.5. The van der Waals surface area contributed by atoms with Gasteiger partial charge in [0, 0.05) is 4.47 Å². The average molecular weight is 318 g/mol. The summed E-state index contributed by atoms with van der Waals surface area (Å²) in [5, 5.41) is 0.750. The van der Waals surface area contributed by atoms with Crippen LogP contribution in [-0.2, 0) is 0 Å². The monoisotopic (exact) mass is 316 g/mol. The molecule has 0 saturated heterocycles. The molecule has 1 aromatic carbocycles. The van der Waals surface area contributed by atoms with Crippen LogP contribution < -0.4 is 0 Å². The van der Waals surface area contributed by atoms with E-state index in [-0.39, 0.29) is 0 Å². The molecule has 2 rings (SSSR count). The topological polar surface area (TPSA) is 25.8 Å². The van der Waals surface area contributed by atoms with Gasteiger partial charge in [-0.2, -0.15) is 0 Å². The van der Waals surface area contributed by atoms with Crippen LogP contribution >= 0.6 is 39.1 Å². The van der Waals surface area contributed by atoms with E-state index < -0.39 is 0 Å². The van der Waals surface area contributed by atoms with E-state index in [0.29, 0.717) is 21.7 Å². The summed E-state index contributed by atoms with van der Waals surface area (Å²) in [6.07, 6.45) is 0. The summed E-state index contributed by atoms with van der Waals surface area (Å²) in [6, 6.07) is 7.66. The van der Waals surface area contributed by atoms with Crippen LogP contribution in [0.25, 0.3) is 11.1 Å². The molecule has 0 bridgehead atoms. The molecule has 1 heterocycles. The van der Waals surface area contributed by atoms with E-state index in [2.05, 4.69) is 25.9 Å². The fourth-order valence-electron chi connectivity index (χ4n) is 1.36. The van der Waals surface area contributed by atoms with Crippen molar-refractivity contribution in [2.75, 3.05) is 0 Å². The van der Waals surface area contributed by atoms with Crippen molar-refractivity contribution in [2.24, 2.45) is 0 Å². The first-order valence-corrected chi connectivity index (χ1v) is 6.08. The van der Waals surface area contributed by atoms with Gasteiger partial charge < -0.3 is 0 Å². The van der Waals surface area contributed by atoms with E-state index in [0.717, 1.165) is 10.0 Å². The van der Waals surface area contributed by atoms with Crippen molar-refractivity contribution in [3.05, 3.63) is 44.9 Å². The van der Waals surface area contributed by atoms with Crippen LogP contribution in [0, 0.1) is 6.92 Å². The number of aromatic nitrogens is 2. The van der Waals surface area contributed by atoms with Crippen LogP contribution in [0.3, 0.4) is 0 Å². The lowest BCUT2D eigenvalue weighted by atomic mass is 10.1. The molecule has 0 unspecified atom stereocenters. The number of nitrogens with zero attached hydrogens (tertiary/aromatic N) is 2. The second-order valence-electron chi connectivity index (χ2n) is 3.23. The van der Waals surface area contributed by atoms with Crippen molar-refractivity contribution in [2.45, 2.75) is 6.92 Å². The van der Waals surface area contributed by atoms with Crippen molar-refractivity contribution in [3.63, 3.8) is 0 Å². The molecule has 82 valence electrons. The molecule has 5 heteroatoms. The van der Waals surface area contributed by atoms with Gasteiger partial charge in [-0.25, -0.2) is 9.97 Å². The van der Waals surface area contributed by atoms with Gasteiger partial charge in [0.25, 0.3) is 0 Å². The summed E-state index contributed by atoms with van der Waals surface area (Å²) in [4.78, 5) is 8.18. The summed E-state index contributed by atoms with van der Waals surface area (Å²) in [7, 11) is 0. The molecule has 0 radical (unpaired) electrons. The molecule has 2 nitrogen and oxygen atoms in total. The van der Waals surface area contributed by atoms with Crippen LogP contribution in [0.1, 0.15) is 5.82 Å². The second kappa shape index (κ2) is 4.70. The highest BCUT2D eigenvalue weighted by Crippen LogP contribution is 2.32. The standard InChI is InChI=1S/C11H7BrCl2N2/c1-6-15-10(13)9(11(14)16-6)7-2-4-8(12)5-3-7/h2-5H,1H3. The first kappa shape index (κ1) is 11.8. The first-order chi connectivity index (χ1) is 7.58. The number of rotatable bonds is 1. The van der Waals surface area contributed by atoms with E-state index in [1.807, 2.05) is 24.3 Å². The Bertz CT molecular complexity index is 503. The van der Waals surface area contributed by atoms with Gasteiger partial charge in [0.15, 0.2) is 0 Å². The van der Waals surface area contributed by atoms with E-state index in [4.69, 9.17) is 23.2 Å². The van der Waals surface area contributed by atoms with Crippen LogP contribution in [0.4, 0.5) is 0 Å². The third kappa shape index (κ3) is 2.37. The van der Waals surface area contributed by atoms with Gasteiger partial charge in [-0.05, 0) is 24.6 Å². The Balaban J connectivity index is 2.60. The van der Waals surface area contributed by atoms with E-state index in [1.165, 1.54) is 0 Å². The molecule has 0 amide bonds. The predicted octanol–water partition coefficient (Wildman–Crippen LogP) is 4.52. The van der Waals surface area contributed by atoms with Crippen molar-refractivity contribution in [1.82, 2.24) is 9.97 Å². The second-order valence-corrected chi connectivity index (χ2v) is 4.87. The zero-order valence-electron chi connectivity index (χ0n) is 8.34. The molecule has 2 aromatic rings. The van der Waals surface area contributed by atoms with Crippen LogP contribution in [-0.4, -0.2) is 9.97 Å². The zero-order valence-corrected chi connectivity index (χ0v) is 11.4. The number of aryl methyl sites for hydroxylation is 1. The van der Waals surface area contributed by atoms with Gasteiger partial charge in [0.2, 0.25) is 0 Å². The summed E-state index contributed by atoms with van der Waals surface area (Å²) in [5.74, 6) is 0.566. The van der Waals surface area contributed by atoms with Gasteiger partial charge in [-0.3, -0.25) is 0 Å². The van der Waals surface area contributed by atoms with Crippen molar-refractivity contribution >= 4 is 39.1 Å². The number of benzene rings is 1. The quantitative estimate of drug-likeness (QED) is 0.723. The van der Waals surface area contributed by atoms with Crippen molar-refractivity contribution in [1.29, 1.82) is 0 Å².